The van der Waals surface area contributed by atoms with Crippen LogP contribution >= 0.6 is 0 Å². The summed E-state index contributed by atoms with van der Waals surface area (Å²) in [5.74, 6) is -0.420. The number of esters is 1. The molecule has 4 heteroatoms. The Morgan fingerprint density at radius 1 is 1.05 bits per heavy atom. The molecule has 3 fully saturated rings. The van der Waals surface area contributed by atoms with E-state index in [-0.39, 0.29) is 17.8 Å². The van der Waals surface area contributed by atoms with Gasteiger partial charge >= 0.3 is 5.97 Å². The summed E-state index contributed by atoms with van der Waals surface area (Å²) < 4.78 is 5.79. The number of hydrogen-bond acceptors (Lipinski definition) is 4. The van der Waals surface area contributed by atoms with Crippen LogP contribution in [0.1, 0.15) is 64.7 Å². The van der Waals surface area contributed by atoms with E-state index >= 15 is 0 Å². The summed E-state index contributed by atoms with van der Waals surface area (Å²) in [6.45, 7) is 1.46. The van der Waals surface area contributed by atoms with E-state index in [0.717, 1.165) is 51.4 Å². The normalized spacial score (nSPS) is 48.0. The van der Waals surface area contributed by atoms with Crippen molar-refractivity contribution in [1.29, 1.82) is 0 Å². The molecule has 2 N–H and O–H groups in total. The van der Waals surface area contributed by atoms with Gasteiger partial charge < -0.3 is 14.9 Å². The van der Waals surface area contributed by atoms with Gasteiger partial charge in [0.05, 0.1) is 6.10 Å². The molecule has 4 nitrogen and oxygen atoms in total. The van der Waals surface area contributed by atoms with E-state index in [4.69, 9.17) is 4.74 Å². The van der Waals surface area contributed by atoms with Crippen molar-refractivity contribution in [2.45, 2.75) is 82.0 Å². The highest BCUT2D eigenvalue weighted by Gasteiger charge is 2.74. The van der Waals surface area contributed by atoms with Gasteiger partial charge in [-0.3, -0.25) is 4.79 Å². The van der Waals surface area contributed by atoms with Crippen LogP contribution in [-0.2, 0) is 9.53 Å². The zero-order chi connectivity index (χ0) is 14.4. The molecule has 20 heavy (non-hydrogen) atoms. The molecule has 0 spiro atoms. The van der Waals surface area contributed by atoms with E-state index in [2.05, 4.69) is 0 Å². The van der Waals surface area contributed by atoms with Crippen LogP contribution in [0.2, 0.25) is 0 Å². The second-order valence-corrected chi connectivity index (χ2v) is 6.94. The standard InChI is InChI=1S/C16H26O4/c1-11(17)20-15-10-6-2-3-7-12(15)16(19)13(15)8-4-5-9-14(16)18/h12-14,18-19H,2-10H2,1H3/t12?,13?,14?,15-,16?/m1/s1. The molecule has 0 aliphatic heterocycles. The predicted molar refractivity (Wildman–Crippen MR) is 74.0 cm³/mol. The van der Waals surface area contributed by atoms with Crippen molar-refractivity contribution in [3.05, 3.63) is 0 Å². The molecule has 0 aromatic rings. The van der Waals surface area contributed by atoms with Crippen LogP contribution < -0.4 is 0 Å². The fraction of sp³-hybridized carbons (Fsp3) is 0.938. The predicted octanol–water partition coefficient (Wildman–Crippen LogP) is 2.16. The topological polar surface area (TPSA) is 66.8 Å². The van der Waals surface area contributed by atoms with E-state index in [1.54, 1.807) is 0 Å². The number of carbonyl (C=O) groups excluding carboxylic acids is 1. The van der Waals surface area contributed by atoms with Crippen LogP contribution in [0.15, 0.2) is 0 Å². The van der Waals surface area contributed by atoms with Gasteiger partial charge in [0.1, 0.15) is 11.2 Å². The van der Waals surface area contributed by atoms with Crippen LogP contribution in [0.3, 0.4) is 0 Å². The van der Waals surface area contributed by atoms with E-state index in [9.17, 15) is 15.0 Å². The molecule has 0 amide bonds. The van der Waals surface area contributed by atoms with E-state index in [1.165, 1.54) is 6.92 Å². The molecule has 3 aliphatic rings. The molecular weight excluding hydrogens is 256 g/mol. The second kappa shape index (κ2) is 4.99. The van der Waals surface area contributed by atoms with Gasteiger partial charge in [0.2, 0.25) is 0 Å². The van der Waals surface area contributed by atoms with Crippen LogP contribution in [0.4, 0.5) is 0 Å². The summed E-state index contributed by atoms with van der Waals surface area (Å²) in [5, 5.41) is 21.6. The molecule has 0 aromatic heterocycles. The van der Waals surface area contributed by atoms with Crippen molar-refractivity contribution in [3.8, 4) is 0 Å². The highest BCUT2D eigenvalue weighted by molar-refractivity contribution is 5.67. The Bertz CT molecular complexity index is 382. The van der Waals surface area contributed by atoms with Gasteiger partial charge in [0.15, 0.2) is 0 Å². The molecule has 0 aromatic carbocycles. The highest BCUT2D eigenvalue weighted by Crippen LogP contribution is 2.64. The van der Waals surface area contributed by atoms with E-state index in [1.807, 2.05) is 0 Å². The van der Waals surface area contributed by atoms with Crippen molar-refractivity contribution >= 4 is 5.97 Å². The lowest BCUT2D eigenvalue weighted by Gasteiger charge is -2.65. The van der Waals surface area contributed by atoms with Crippen molar-refractivity contribution in [2.24, 2.45) is 11.8 Å². The minimum absolute atomic E-state index is 0.0838. The Balaban J connectivity index is 1.97. The molecule has 3 rings (SSSR count). The first kappa shape index (κ1) is 14.3. The Kier molecular flexibility index (Phi) is 3.57. The Hall–Kier alpha value is -0.610. The van der Waals surface area contributed by atoms with Gasteiger partial charge in [0, 0.05) is 18.8 Å². The summed E-state index contributed by atoms with van der Waals surface area (Å²) in [7, 11) is 0. The minimum atomic E-state index is -1.03. The van der Waals surface area contributed by atoms with Gasteiger partial charge in [-0.25, -0.2) is 0 Å². The maximum absolute atomic E-state index is 11.6. The van der Waals surface area contributed by atoms with Crippen molar-refractivity contribution in [2.75, 3.05) is 0 Å². The van der Waals surface area contributed by atoms with E-state index < -0.39 is 17.3 Å². The smallest absolute Gasteiger partial charge is 0.303 e. The average molecular weight is 282 g/mol. The maximum Gasteiger partial charge on any atom is 0.303 e. The number of fused-ring (bicyclic) bond motifs is 4. The van der Waals surface area contributed by atoms with Crippen molar-refractivity contribution in [3.63, 3.8) is 0 Å². The zero-order valence-corrected chi connectivity index (χ0v) is 12.3. The summed E-state index contributed by atoms with van der Waals surface area (Å²) in [4.78, 5) is 11.6. The molecular formula is C16H26O4. The quantitative estimate of drug-likeness (QED) is 0.723. The monoisotopic (exact) mass is 282 g/mol. The van der Waals surface area contributed by atoms with Crippen molar-refractivity contribution in [1.82, 2.24) is 0 Å². The summed E-state index contributed by atoms with van der Waals surface area (Å²) in [5.41, 5.74) is -1.54. The lowest BCUT2D eigenvalue weighted by molar-refractivity contribution is -0.324. The van der Waals surface area contributed by atoms with Gasteiger partial charge in [-0.1, -0.05) is 25.7 Å². The highest BCUT2D eigenvalue weighted by atomic mass is 16.6. The van der Waals surface area contributed by atoms with Crippen LogP contribution in [0.25, 0.3) is 0 Å². The third kappa shape index (κ3) is 1.84. The number of aliphatic hydroxyl groups is 2. The minimum Gasteiger partial charge on any atom is -0.458 e. The van der Waals surface area contributed by atoms with Crippen LogP contribution in [0.5, 0.6) is 0 Å². The second-order valence-electron chi connectivity index (χ2n) is 6.94. The molecule has 0 radical (unpaired) electrons. The maximum atomic E-state index is 11.6. The number of carbonyl (C=O) groups is 1. The number of rotatable bonds is 1. The molecule has 3 aliphatic carbocycles. The largest absolute Gasteiger partial charge is 0.458 e. The molecule has 0 saturated heterocycles. The van der Waals surface area contributed by atoms with Gasteiger partial charge in [0.25, 0.3) is 0 Å². The van der Waals surface area contributed by atoms with E-state index in [0.29, 0.717) is 6.42 Å². The first-order valence-electron chi connectivity index (χ1n) is 8.12. The average Bonchev–Trinajstić information content (AvgIpc) is 2.64. The fourth-order valence-corrected chi connectivity index (χ4v) is 5.24. The fourth-order valence-electron chi connectivity index (χ4n) is 5.24. The Labute approximate surface area is 120 Å². The van der Waals surface area contributed by atoms with Crippen molar-refractivity contribution < 1.29 is 19.7 Å². The summed E-state index contributed by atoms with van der Waals surface area (Å²) >= 11 is 0. The zero-order valence-electron chi connectivity index (χ0n) is 12.3. The molecule has 0 bridgehead atoms. The molecule has 4 unspecified atom stereocenters. The van der Waals surface area contributed by atoms with Gasteiger partial charge in [-0.2, -0.15) is 0 Å². The number of aliphatic hydroxyl groups excluding tert-OH is 1. The summed E-state index contributed by atoms with van der Waals surface area (Å²) in [6.07, 6.45) is 7.73. The Morgan fingerprint density at radius 3 is 2.30 bits per heavy atom. The number of ether oxygens (including phenoxy) is 1. The first-order valence-corrected chi connectivity index (χ1v) is 8.12. The third-order valence-electron chi connectivity index (χ3n) is 5.94. The van der Waals surface area contributed by atoms with Gasteiger partial charge in [-0.15, -0.1) is 0 Å². The first-order chi connectivity index (χ1) is 9.52. The van der Waals surface area contributed by atoms with Crippen LogP contribution in [-0.4, -0.2) is 33.5 Å². The summed E-state index contributed by atoms with van der Waals surface area (Å²) in [6, 6.07) is 0. The Morgan fingerprint density at radius 2 is 1.65 bits per heavy atom. The molecule has 5 atom stereocenters. The van der Waals surface area contributed by atoms with Crippen LogP contribution in [0, 0.1) is 11.8 Å². The lowest BCUT2D eigenvalue weighted by atomic mass is 9.46. The molecule has 114 valence electrons. The van der Waals surface area contributed by atoms with Gasteiger partial charge in [-0.05, 0) is 32.1 Å². The number of hydrogen-bond donors (Lipinski definition) is 2. The molecule has 0 heterocycles. The molecule has 3 saturated carbocycles. The third-order valence-corrected chi connectivity index (χ3v) is 5.94. The SMILES string of the molecule is CC(=O)O[C@]12CCCCCC1C1(O)C(O)CCCCC12. The lowest BCUT2D eigenvalue weighted by Crippen LogP contribution is -2.78.